The number of aryl methyl sites for hydroxylation is 2. The van der Waals surface area contributed by atoms with Gasteiger partial charge in [-0.15, -0.1) is 0 Å². The van der Waals surface area contributed by atoms with Crippen molar-refractivity contribution in [3.63, 3.8) is 0 Å². The maximum Gasteiger partial charge on any atom is 0.141 e. The van der Waals surface area contributed by atoms with Crippen LogP contribution in [0.5, 0.6) is 0 Å². The van der Waals surface area contributed by atoms with E-state index in [9.17, 15) is 0 Å². The monoisotopic (exact) mass is 367 g/mol. The Balaban J connectivity index is 1.69. The van der Waals surface area contributed by atoms with Crippen molar-refractivity contribution in [1.29, 1.82) is 0 Å². The molecule has 26 heavy (non-hydrogen) atoms. The first-order valence-corrected chi connectivity index (χ1v) is 9.99. The van der Waals surface area contributed by atoms with Crippen LogP contribution in [0.25, 0.3) is 22.0 Å². The molecule has 136 valence electrons. The largest absolute Gasteiger partial charge is 0.361 e. The SMILES string of the molecule is Cc1noc(C)c1-c1cc(SNC2CCC(C)(C)C2)c2cccnc2c1. The minimum absolute atomic E-state index is 0.445. The minimum Gasteiger partial charge on any atom is -0.361 e. The van der Waals surface area contributed by atoms with Gasteiger partial charge in [0.15, 0.2) is 0 Å². The maximum absolute atomic E-state index is 5.37. The average Bonchev–Trinajstić information content (AvgIpc) is 3.13. The summed E-state index contributed by atoms with van der Waals surface area (Å²) < 4.78 is 9.07. The van der Waals surface area contributed by atoms with Crippen LogP contribution in [0.4, 0.5) is 0 Å². The normalized spacial score (nSPS) is 19.3. The summed E-state index contributed by atoms with van der Waals surface area (Å²) in [6.07, 6.45) is 5.59. The number of pyridine rings is 1. The standard InChI is InChI=1S/C21H25N3OS/c1-13-20(14(2)25-23-13)15-10-18-17(6-5-9-22-18)19(11-15)26-24-16-7-8-21(3,4)12-16/h5-6,9-11,16,24H,7-8,12H2,1-4H3. The van der Waals surface area contributed by atoms with Crippen molar-refractivity contribution in [3.05, 3.63) is 41.9 Å². The summed E-state index contributed by atoms with van der Waals surface area (Å²) in [5.41, 5.74) is 4.55. The lowest BCUT2D eigenvalue weighted by molar-refractivity contribution is 0.374. The third-order valence-corrected chi connectivity index (χ3v) is 6.32. The number of hydrogen-bond acceptors (Lipinski definition) is 5. The van der Waals surface area contributed by atoms with E-state index < -0.39 is 0 Å². The lowest BCUT2D eigenvalue weighted by Gasteiger charge is -2.18. The lowest BCUT2D eigenvalue weighted by Crippen LogP contribution is -2.20. The number of hydrogen-bond donors (Lipinski definition) is 1. The molecular formula is C21H25N3OS. The fourth-order valence-corrected chi connectivity index (χ4v) is 4.92. The quantitative estimate of drug-likeness (QED) is 0.601. The molecule has 1 fully saturated rings. The highest BCUT2D eigenvalue weighted by Gasteiger charge is 2.30. The second-order valence-corrected chi connectivity index (χ2v) is 8.95. The Kier molecular flexibility index (Phi) is 4.53. The maximum atomic E-state index is 5.37. The molecule has 0 aliphatic heterocycles. The molecule has 1 aliphatic rings. The first-order valence-electron chi connectivity index (χ1n) is 9.17. The predicted molar refractivity (Wildman–Crippen MR) is 107 cm³/mol. The van der Waals surface area contributed by atoms with E-state index in [1.165, 1.54) is 29.5 Å². The van der Waals surface area contributed by atoms with Gasteiger partial charge in [0.2, 0.25) is 0 Å². The highest BCUT2D eigenvalue weighted by Crippen LogP contribution is 2.39. The molecule has 1 N–H and O–H groups in total. The van der Waals surface area contributed by atoms with Gasteiger partial charge < -0.3 is 4.52 Å². The molecule has 0 amide bonds. The summed E-state index contributed by atoms with van der Waals surface area (Å²) in [6.45, 7) is 8.66. The van der Waals surface area contributed by atoms with Gasteiger partial charge in [-0.05, 0) is 74.2 Å². The van der Waals surface area contributed by atoms with Crippen molar-refractivity contribution in [2.45, 2.75) is 57.9 Å². The van der Waals surface area contributed by atoms with Crippen molar-refractivity contribution >= 4 is 22.9 Å². The van der Waals surface area contributed by atoms with Gasteiger partial charge >= 0.3 is 0 Å². The minimum atomic E-state index is 0.445. The Morgan fingerprint density at radius 3 is 2.81 bits per heavy atom. The van der Waals surface area contributed by atoms with E-state index in [1.54, 1.807) is 11.9 Å². The van der Waals surface area contributed by atoms with Crippen LogP contribution in [0.2, 0.25) is 0 Å². The molecule has 1 atom stereocenters. The molecule has 0 saturated heterocycles. The first kappa shape index (κ1) is 17.6. The summed E-state index contributed by atoms with van der Waals surface area (Å²) in [7, 11) is 0. The second kappa shape index (κ2) is 6.71. The van der Waals surface area contributed by atoms with Gasteiger partial charge in [0.1, 0.15) is 5.76 Å². The van der Waals surface area contributed by atoms with Crippen molar-refractivity contribution < 1.29 is 4.52 Å². The van der Waals surface area contributed by atoms with Crippen LogP contribution in [0.15, 0.2) is 39.9 Å². The molecule has 2 heterocycles. The van der Waals surface area contributed by atoms with Crippen LogP contribution in [0.3, 0.4) is 0 Å². The van der Waals surface area contributed by atoms with Gasteiger partial charge in [-0.1, -0.05) is 25.1 Å². The average molecular weight is 368 g/mol. The topological polar surface area (TPSA) is 51.0 Å². The molecule has 1 aliphatic carbocycles. The Labute approximate surface area is 158 Å². The molecule has 4 rings (SSSR count). The molecule has 4 nitrogen and oxygen atoms in total. The van der Waals surface area contributed by atoms with Crippen LogP contribution in [0, 0.1) is 19.3 Å². The summed E-state index contributed by atoms with van der Waals surface area (Å²) in [5, 5.41) is 5.29. The third kappa shape index (κ3) is 3.38. The van der Waals surface area contributed by atoms with Crippen LogP contribution >= 0.6 is 11.9 Å². The van der Waals surface area contributed by atoms with Crippen molar-refractivity contribution in [1.82, 2.24) is 14.9 Å². The zero-order valence-corrected chi connectivity index (χ0v) is 16.6. The third-order valence-electron chi connectivity index (χ3n) is 5.31. The summed E-state index contributed by atoms with van der Waals surface area (Å²) in [4.78, 5) is 5.79. The highest BCUT2D eigenvalue weighted by molar-refractivity contribution is 7.97. The molecule has 0 spiro atoms. The number of aromatic nitrogens is 2. The van der Waals surface area contributed by atoms with E-state index in [1.807, 2.05) is 26.1 Å². The van der Waals surface area contributed by atoms with Gasteiger partial charge in [0, 0.05) is 28.1 Å². The zero-order valence-electron chi connectivity index (χ0n) is 15.8. The van der Waals surface area contributed by atoms with Crippen molar-refractivity contribution in [2.75, 3.05) is 0 Å². The van der Waals surface area contributed by atoms with Gasteiger partial charge in [0.05, 0.1) is 11.2 Å². The molecule has 3 aromatic rings. The second-order valence-electron chi connectivity index (χ2n) is 8.07. The van der Waals surface area contributed by atoms with Crippen molar-refractivity contribution in [3.8, 4) is 11.1 Å². The summed E-state index contributed by atoms with van der Waals surface area (Å²) in [6, 6.07) is 9.06. The number of rotatable bonds is 4. The van der Waals surface area contributed by atoms with Gasteiger partial charge in [-0.2, -0.15) is 0 Å². The van der Waals surface area contributed by atoms with E-state index in [-0.39, 0.29) is 0 Å². The van der Waals surface area contributed by atoms with E-state index >= 15 is 0 Å². The van der Waals surface area contributed by atoms with Gasteiger partial charge in [0.25, 0.3) is 0 Å². The Morgan fingerprint density at radius 1 is 1.27 bits per heavy atom. The van der Waals surface area contributed by atoms with E-state index in [0.29, 0.717) is 11.5 Å². The zero-order chi connectivity index (χ0) is 18.3. The van der Waals surface area contributed by atoms with Gasteiger partial charge in [-0.25, -0.2) is 0 Å². The van der Waals surface area contributed by atoms with E-state index in [2.05, 4.69) is 46.9 Å². The Morgan fingerprint density at radius 2 is 2.12 bits per heavy atom. The molecule has 1 aromatic carbocycles. The van der Waals surface area contributed by atoms with E-state index in [4.69, 9.17) is 4.52 Å². The lowest BCUT2D eigenvalue weighted by atomic mass is 9.92. The molecule has 0 bridgehead atoms. The smallest absolute Gasteiger partial charge is 0.141 e. The van der Waals surface area contributed by atoms with Crippen molar-refractivity contribution in [2.24, 2.45) is 5.41 Å². The van der Waals surface area contributed by atoms with Gasteiger partial charge in [-0.3, -0.25) is 9.71 Å². The number of benzene rings is 1. The van der Waals surface area contributed by atoms with Crippen LogP contribution in [0.1, 0.15) is 44.6 Å². The molecular weight excluding hydrogens is 342 g/mol. The molecule has 1 unspecified atom stereocenters. The fourth-order valence-electron chi connectivity index (χ4n) is 3.96. The molecule has 5 heteroatoms. The van der Waals surface area contributed by atoms with Crippen LogP contribution in [-0.2, 0) is 0 Å². The molecule has 2 aromatic heterocycles. The highest BCUT2D eigenvalue weighted by atomic mass is 32.2. The summed E-state index contributed by atoms with van der Waals surface area (Å²) in [5.74, 6) is 0.847. The van der Waals surface area contributed by atoms with Crippen LogP contribution < -0.4 is 4.72 Å². The number of nitrogens with zero attached hydrogens (tertiary/aromatic N) is 2. The van der Waals surface area contributed by atoms with Crippen LogP contribution in [-0.4, -0.2) is 16.2 Å². The Hall–Kier alpha value is -1.85. The summed E-state index contributed by atoms with van der Waals surface area (Å²) >= 11 is 1.73. The number of fused-ring (bicyclic) bond motifs is 1. The molecule has 1 saturated carbocycles. The fraction of sp³-hybridized carbons (Fsp3) is 0.429. The van der Waals surface area contributed by atoms with E-state index in [0.717, 1.165) is 28.1 Å². The predicted octanol–water partition coefficient (Wildman–Crippen LogP) is 5.68. The number of nitrogens with one attached hydrogen (secondary N) is 1. The molecule has 0 radical (unpaired) electrons. The Bertz CT molecular complexity index is 928. The first-order chi connectivity index (χ1) is 12.4.